The van der Waals surface area contributed by atoms with Crippen LogP contribution in [0.1, 0.15) is 18.9 Å². The van der Waals surface area contributed by atoms with Gasteiger partial charge in [-0.25, -0.2) is 8.42 Å². The van der Waals surface area contributed by atoms with E-state index in [1.165, 1.54) is 24.3 Å². The lowest BCUT2D eigenvalue weighted by Gasteiger charge is -2.23. The molecular formula is C12H16F3NO3S. The quantitative estimate of drug-likeness (QED) is 0.876. The molecule has 20 heavy (non-hydrogen) atoms. The molecule has 1 aromatic rings. The van der Waals surface area contributed by atoms with Crippen molar-refractivity contribution < 1.29 is 26.7 Å². The second kappa shape index (κ2) is 6.55. The SMILES string of the molecule is CCCN(CC(F)(F)F)S(=O)(=O)c1ccccc1CO. The fraction of sp³-hybridized carbons (Fsp3) is 0.500. The molecule has 1 N–H and O–H groups in total. The standard InChI is InChI=1S/C12H16F3NO3S/c1-2-7-16(9-12(13,14)15)20(18,19)11-6-4-3-5-10(11)8-17/h3-6,17H,2,7-9H2,1H3. The van der Waals surface area contributed by atoms with Crippen LogP contribution in [0.4, 0.5) is 13.2 Å². The van der Waals surface area contributed by atoms with E-state index >= 15 is 0 Å². The molecule has 114 valence electrons. The molecule has 0 unspecified atom stereocenters. The Hall–Kier alpha value is -1.12. The molecule has 0 fully saturated rings. The molecule has 0 bridgehead atoms. The first-order valence-electron chi connectivity index (χ1n) is 5.98. The molecule has 0 amide bonds. The molecule has 0 radical (unpaired) electrons. The lowest BCUT2D eigenvalue weighted by molar-refractivity contribution is -0.136. The van der Waals surface area contributed by atoms with Gasteiger partial charge in [0.1, 0.15) is 6.54 Å². The van der Waals surface area contributed by atoms with Gasteiger partial charge in [0.2, 0.25) is 10.0 Å². The van der Waals surface area contributed by atoms with Crippen LogP contribution >= 0.6 is 0 Å². The predicted molar refractivity (Wildman–Crippen MR) is 67.5 cm³/mol. The number of hydrogen-bond donors (Lipinski definition) is 1. The van der Waals surface area contributed by atoms with E-state index in [1.807, 2.05) is 0 Å². The predicted octanol–water partition coefficient (Wildman–Crippen LogP) is 2.14. The molecular weight excluding hydrogens is 295 g/mol. The summed E-state index contributed by atoms with van der Waals surface area (Å²) in [6.07, 6.45) is -4.35. The van der Waals surface area contributed by atoms with E-state index in [0.717, 1.165) is 0 Å². The molecule has 0 aliphatic rings. The van der Waals surface area contributed by atoms with E-state index in [9.17, 15) is 21.6 Å². The smallest absolute Gasteiger partial charge is 0.392 e. The van der Waals surface area contributed by atoms with Gasteiger partial charge < -0.3 is 5.11 Å². The summed E-state index contributed by atoms with van der Waals surface area (Å²) in [5.41, 5.74) is 0.0794. The third-order valence-corrected chi connectivity index (χ3v) is 4.54. The maximum Gasteiger partial charge on any atom is 0.402 e. The maximum absolute atomic E-state index is 12.5. The largest absolute Gasteiger partial charge is 0.402 e. The zero-order valence-corrected chi connectivity index (χ0v) is 11.7. The van der Waals surface area contributed by atoms with Gasteiger partial charge in [-0.2, -0.15) is 17.5 Å². The molecule has 4 nitrogen and oxygen atoms in total. The molecule has 8 heteroatoms. The van der Waals surface area contributed by atoms with Crippen LogP contribution in [-0.4, -0.2) is 37.1 Å². The Kier molecular flexibility index (Phi) is 5.55. The van der Waals surface area contributed by atoms with E-state index < -0.39 is 29.4 Å². The van der Waals surface area contributed by atoms with Crippen molar-refractivity contribution in [1.29, 1.82) is 0 Å². The summed E-state index contributed by atoms with van der Waals surface area (Å²) in [5, 5.41) is 9.12. The van der Waals surface area contributed by atoms with Gasteiger partial charge in [-0.05, 0) is 18.1 Å². The van der Waals surface area contributed by atoms with Crippen LogP contribution in [0.5, 0.6) is 0 Å². The number of halogens is 3. The summed E-state index contributed by atoms with van der Waals surface area (Å²) in [6, 6.07) is 5.48. The minimum atomic E-state index is -4.61. The van der Waals surface area contributed by atoms with Gasteiger partial charge in [0.25, 0.3) is 0 Å². The second-order valence-corrected chi connectivity index (χ2v) is 6.13. The van der Waals surface area contributed by atoms with Gasteiger partial charge in [0.15, 0.2) is 0 Å². The Bertz CT molecular complexity index is 543. The highest BCUT2D eigenvalue weighted by atomic mass is 32.2. The second-order valence-electron chi connectivity index (χ2n) is 4.22. The molecule has 1 rings (SSSR count). The van der Waals surface area contributed by atoms with Gasteiger partial charge in [0, 0.05) is 6.54 Å². The number of benzene rings is 1. The zero-order chi connectivity index (χ0) is 15.4. The van der Waals surface area contributed by atoms with Gasteiger partial charge in [0.05, 0.1) is 11.5 Å². The van der Waals surface area contributed by atoms with Crippen LogP contribution < -0.4 is 0 Å². The lowest BCUT2D eigenvalue weighted by atomic mass is 10.2. The Morgan fingerprint density at radius 1 is 1.25 bits per heavy atom. The van der Waals surface area contributed by atoms with E-state index in [2.05, 4.69) is 0 Å². The average Bonchev–Trinajstić information content (AvgIpc) is 2.36. The number of aliphatic hydroxyl groups excluding tert-OH is 1. The summed E-state index contributed by atoms with van der Waals surface area (Å²) in [7, 11) is -4.29. The van der Waals surface area contributed by atoms with Crippen molar-refractivity contribution in [2.45, 2.75) is 31.0 Å². The van der Waals surface area contributed by atoms with E-state index in [4.69, 9.17) is 5.11 Å². The van der Waals surface area contributed by atoms with Crippen LogP contribution in [0.2, 0.25) is 0 Å². The Morgan fingerprint density at radius 2 is 1.85 bits per heavy atom. The van der Waals surface area contributed by atoms with E-state index in [1.54, 1.807) is 6.92 Å². The van der Waals surface area contributed by atoms with E-state index in [-0.39, 0.29) is 23.4 Å². The first kappa shape index (κ1) is 16.9. The molecule has 0 saturated carbocycles. The molecule has 1 aromatic carbocycles. The Balaban J connectivity index is 3.22. The fourth-order valence-corrected chi connectivity index (χ4v) is 3.49. The summed E-state index contributed by atoms with van der Waals surface area (Å²) in [6.45, 7) is -0.733. The lowest BCUT2D eigenvalue weighted by Crippen LogP contribution is -2.39. The Morgan fingerprint density at radius 3 is 2.35 bits per heavy atom. The van der Waals surface area contributed by atoms with Crippen molar-refractivity contribution in [1.82, 2.24) is 4.31 Å². The summed E-state index contributed by atoms with van der Waals surface area (Å²) in [5.74, 6) is 0. The number of aliphatic hydroxyl groups is 1. The van der Waals surface area contributed by atoms with E-state index in [0.29, 0.717) is 4.31 Å². The van der Waals surface area contributed by atoms with Crippen molar-refractivity contribution in [3.05, 3.63) is 29.8 Å². The molecule has 0 aliphatic heterocycles. The average molecular weight is 311 g/mol. The zero-order valence-electron chi connectivity index (χ0n) is 10.9. The van der Waals surface area contributed by atoms with Gasteiger partial charge in [-0.15, -0.1) is 0 Å². The van der Waals surface area contributed by atoms with Gasteiger partial charge in [-0.1, -0.05) is 25.1 Å². The molecule has 0 aromatic heterocycles. The first-order valence-corrected chi connectivity index (χ1v) is 7.42. The topological polar surface area (TPSA) is 57.6 Å². The number of sulfonamides is 1. The molecule has 0 spiro atoms. The van der Waals surface area contributed by atoms with Crippen molar-refractivity contribution >= 4 is 10.0 Å². The number of alkyl halides is 3. The Labute approximate surface area is 115 Å². The number of nitrogens with zero attached hydrogens (tertiary/aromatic N) is 1. The van der Waals surface area contributed by atoms with Crippen molar-refractivity contribution in [2.24, 2.45) is 0 Å². The highest BCUT2D eigenvalue weighted by Crippen LogP contribution is 2.25. The van der Waals surface area contributed by atoms with Gasteiger partial charge >= 0.3 is 6.18 Å². The van der Waals surface area contributed by atoms with Crippen LogP contribution in [-0.2, 0) is 16.6 Å². The molecule has 0 aliphatic carbocycles. The monoisotopic (exact) mass is 311 g/mol. The minimum Gasteiger partial charge on any atom is -0.392 e. The third-order valence-electron chi connectivity index (χ3n) is 2.59. The highest BCUT2D eigenvalue weighted by Gasteiger charge is 2.37. The molecule has 0 heterocycles. The first-order chi connectivity index (χ1) is 9.22. The molecule has 0 atom stereocenters. The van der Waals surface area contributed by atoms with Crippen LogP contribution in [0, 0.1) is 0 Å². The van der Waals surface area contributed by atoms with Gasteiger partial charge in [-0.3, -0.25) is 0 Å². The van der Waals surface area contributed by atoms with Crippen molar-refractivity contribution in [3.8, 4) is 0 Å². The van der Waals surface area contributed by atoms with Crippen molar-refractivity contribution in [3.63, 3.8) is 0 Å². The normalized spacial score (nSPS) is 12.9. The number of rotatable bonds is 6. The van der Waals surface area contributed by atoms with Crippen LogP contribution in [0.3, 0.4) is 0 Å². The number of hydrogen-bond acceptors (Lipinski definition) is 3. The summed E-state index contributed by atoms with van der Waals surface area (Å²) < 4.78 is 62.5. The van der Waals surface area contributed by atoms with Crippen molar-refractivity contribution in [2.75, 3.05) is 13.1 Å². The van der Waals surface area contributed by atoms with Crippen LogP contribution in [0.15, 0.2) is 29.2 Å². The fourth-order valence-electron chi connectivity index (χ4n) is 1.76. The highest BCUT2D eigenvalue weighted by molar-refractivity contribution is 7.89. The summed E-state index contributed by atoms with van der Waals surface area (Å²) >= 11 is 0. The third kappa shape index (κ3) is 4.19. The maximum atomic E-state index is 12.5. The van der Waals surface area contributed by atoms with Crippen LogP contribution in [0.25, 0.3) is 0 Å². The summed E-state index contributed by atoms with van der Waals surface area (Å²) in [4.78, 5) is -0.291. The molecule has 0 saturated heterocycles. The minimum absolute atomic E-state index is 0.0794.